The van der Waals surface area contributed by atoms with Gasteiger partial charge in [-0.1, -0.05) is 243 Å². The van der Waals surface area contributed by atoms with Crippen LogP contribution >= 0.6 is 0 Å². The summed E-state index contributed by atoms with van der Waals surface area (Å²) in [5, 5.41) is 0. The van der Waals surface area contributed by atoms with Gasteiger partial charge in [0.2, 0.25) is 5.91 Å². The third-order valence-corrected chi connectivity index (χ3v) is 14.7. The summed E-state index contributed by atoms with van der Waals surface area (Å²) in [6.07, 6.45) is 40.3. The Morgan fingerprint density at radius 2 is 0.917 bits per heavy atom. The van der Waals surface area contributed by atoms with Gasteiger partial charge in [-0.15, -0.1) is 0 Å². The van der Waals surface area contributed by atoms with Crippen molar-refractivity contribution in [1.29, 1.82) is 0 Å². The number of ketones is 2. The molecule has 0 aromatic rings. The second kappa shape index (κ2) is 64.7. The van der Waals surface area contributed by atoms with Crippen LogP contribution in [0.3, 0.4) is 0 Å². The molecule has 0 aromatic carbocycles. The molecule has 0 radical (unpaired) electrons. The van der Waals surface area contributed by atoms with Gasteiger partial charge in [-0.05, 0) is 94.5 Å². The summed E-state index contributed by atoms with van der Waals surface area (Å²) in [5.74, 6) is -0.844. The summed E-state index contributed by atoms with van der Waals surface area (Å²) in [5.41, 5.74) is 2.84. The molecule has 1 amide bonds. The van der Waals surface area contributed by atoms with E-state index in [4.69, 9.17) is 18.9 Å². The second-order valence-electron chi connectivity index (χ2n) is 23.1. The van der Waals surface area contributed by atoms with Crippen molar-refractivity contribution in [3.05, 3.63) is 56.0 Å². The Morgan fingerprint density at radius 3 is 1.30 bits per heavy atom. The van der Waals surface area contributed by atoms with Crippen LogP contribution in [0.5, 0.6) is 0 Å². The number of nitrogens with zero attached hydrogens (tertiary/aromatic N) is 2. The number of carbonyl (C=O) groups excluding carboxylic acids is 6. The smallest absolute Gasteiger partial charge is 0.306 e. The monoisotopic (exact) mass is 1180 g/mol. The molecule has 1 aliphatic heterocycles. The van der Waals surface area contributed by atoms with E-state index in [1.54, 1.807) is 4.90 Å². The molecule has 0 spiro atoms. The van der Waals surface area contributed by atoms with Gasteiger partial charge in [-0.2, -0.15) is 0 Å². The number of allylic oxidation sites excluding steroid dienone is 3. The minimum absolute atomic E-state index is 0. The number of hydrogen-bond donors (Lipinski definition) is 0. The van der Waals surface area contributed by atoms with Gasteiger partial charge in [0.05, 0.1) is 26.4 Å². The average Bonchev–Trinajstić information content (AvgIpc) is 3.71. The molecule has 490 valence electrons. The third-order valence-electron chi connectivity index (χ3n) is 14.7. The molecule has 3 unspecified atom stereocenters. The molecule has 12 nitrogen and oxygen atoms in total. The zero-order valence-corrected chi connectivity index (χ0v) is 55.3. The molecule has 1 saturated heterocycles. The van der Waals surface area contributed by atoms with Crippen molar-refractivity contribution in [2.24, 2.45) is 17.8 Å². The highest BCUT2D eigenvalue weighted by Crippen LogP contribution is 2.23. The number of carbonyl (C=O) groups is 6. The van der Waals surface area contributed by atoms with Gasteiger partial charge in [0, 0.05) is 51.6 Å². The Kier molecular flexibility index (Phi) is 66.4. The first-order valence-corrected chi connectivity index (χ1v) is 33.5. The van der Waals surface area contributed by atoms with E-state index in [2.05, 4.69) is 85.5 Å². The first-order chi connectivity index (χ1) is 40.1. The number of likely N-dealkylation sites (tertiary alicyclic amines) is 1. The van der Waals surface area contributed by atoms with E-state index in [0.29, 0.717) is 45.0 Å². The number of unbranched alkanes of at least 4 members (excludes halogenated alkanes) is 21. The Hall–Kier alpha value is -4.28. The SMILES string of the molecule is C.C=C=C(CC(CC(=O)C=C)CC(=O)OCCCCCCCC)OCCCCCCCC.C=CC(=O)CC(CC(=O)OCCCCCCCC)CC(=O)O[C@H](CC)CN(CCC)C(=O)C=C.CC1CCCCN(C)C1.CCCCCCCCC. The van der Waals surface area contributed by atoms with Gasteiger partial charge in [-0.3, -0.25) is 28.8 Å². The largest absolute Gasteiger partial charge is 0.490 e. The molecule has 12 heteroatoms. The topological polar surface area (TPSA) is 146 Å². The lowest BCUT2D eigenvalue weighted by Crippen LogP contribution is -2.39. The maximum absolute atomic E-state index is 12.6. The van der Waals surface area contributed by atoms with Crippen molar-refractivity contribution in [3.63, 3.8) is 0 Å². The number of ether oxygens (including phenoxy) is 4. The maximum atomic E-state index is 12.6. The molecule has 0 saturated carbocycles. The lowest BCUT2D eigenvalue weighted by Gasteiger charge is -2.26. The molecule has 0 bridgehead atoms. The molecule has 1 fully saturated rings. The first kappa shape index (κ1) is 86.2. The van der Waals surface area contributed by atoms with Gasteiger partial charge >= 0.3 is 17.9 Å². The summed E-state index contributed by atoms with van der Waals surface area (Å²) in [6.45, 7) is 36.4. The quantitative estimate of drug-likeness (QED) is 0.0143. The minimum atomic E-state index is -0.519. The van der Waals surface area contributed by atoms with E-state index in [9.17, 15) is 28.8 Å². The van der Waals surface area contributed by atoms with Crippen LogP contribution in [0.2, 0.25) is 0 Å². The van der Waals surface area contributed by atoms with Crippen LogP contribution in [-0.2, 0) is 47.7 Å². The highest BCUT2D eigenvalue weighted by molar-refractivity contribution is 5.90. The van der Waals surface area contributed by atoms with Gasteiger partial charge in [0.15, 0.2) is 11.6 Å². The molecule has 84 heavy (non-hydrogen) atoms. The lowest BCUT2D eigenvalue weighted by molar-refractivity contribution is -0.154. The van der Waals surface area contributed by atoms with Crippen molar-refractivity contribution in [1.82, 2.24) is 9.80 Å². The van der Waals surface area contributed by atoms with E-state index in [0.717, 1.165) is 57.3 Å². The van der Waals surface area contributed by atoms with E-state index in [1.807, 2.05) is 13.8 Å². The van der Waals surface area contributed by atoms with Gasteiger partial charge in [-0.25, -0.2) is 0 Å². The lowest BCUT2D eigenvalue weighted by atomic mass is 9.94. The fraction of sp³-hybridized carbons (Fsp3) is 0.792. The van der Waals surface area contributed by atoms with Crippen LogP contribution < -0.4 is 0 Å². The second-order valence-corrected chi connectivity index (χ2v) is 23.1. The standard InChI is InChI=1S/C27H45NO6.C27H46O4.C9H20.C8H17N.CH4/c1-6-11-12-13-14-15-17-33-26(31)19-22(18-23(29)8-3)20-27(32)34-24(9-4)21-28(16-7-2)25(30)10-5;1-5-9-11-13-15-17-19-30-26(8-4)22-24(21-25(28)7-3)23-27(29)31-20-18-16-14-12-10-6-2;1-3-5-7-9-8-6-4-2;1-8-5-3-4-6-9(2)7-8;/h8,10,22,24H,3,5-7,9,11-21H2,1-2,4H3;7,24H,3-6,9-23H2,1-2H3;3-9H2,1-2H3;8H,3-7H2,1-2H3;1H4/t22?,24-;;;;/m1..../s1. The third kappa shape index (κ3) is 58.1. The van der Waals surface area contributed by atoms with Crippen molar-refractivity contribution >= 4 is 35.4 Å². The number of hydrogen-bond acceptors (Lipinski definition) is 11. The van der Waals surface area contributed by atoms with Gasteiger partial charge in [0.25, 0.3) is 0 Å². The zero-order valence-electron chi connectivity index (χ0n) is 55.3. The molecular formula is C72H132N2O10. The van der Waals surface area contributed by atoms with Crippen LogP contribution in [0, 0.1) is 17.8 Å². The van der Waals surface area contributed by atoms with Gasteiger partial charge in [0.1, 0.15) is 11.9 Å². The van der Waals surface area contributed by atoms with E-state index >= 15 is 0 Å². The first-order valence-electron chi connectivity index (χ1n) is 33.5. The molecule has 4 atom stereocenters. The molecular weight excluding hydrogens is 1050 g/mol. The summed E-state index contributed by atoms with van der Waals surface area (Å²) in [7, 11) is 2.22. The summed E-state index contributed by atoms with van der Waals surface area (Å²) < 4.78 is 22.1. The maximum Gasteiger partial charge on any atom is 0.306 e. The van der Waals surface area contributed by atoms with Crippen molar-refractivity contribution in [3.8, 4) is 0 Å². The summed E-state index contributed by atoms with van der Waals surface area (Å²) in [4.78, 5) is 77.0. The summed E-state index contributed by atoms with van der Waals surface area (Å²) in [6, 6.07) is 0. The fourth-order valence-corrected chi connectivity index (χ4v) is 9.69. The van der Waals surface area contributed by atoms with Gasteiger partial charge < -0.3 is 28.7 Å². The fourth-order valence-electron chi connectivity index (χ4n) is 9.69. The number of esters is 3. The molecule has 1 aliphatic rings. The highest BCUT2D eigenvalue weighted by Gasteiger charge is 2.25. The predicted molar refractivity (Wildman–Crippen MR) is 354 cm³/mol. The highest BCUT2D eigenvalue weighted by atomic mass is 16.5. The van der Waals surface area contributed by atoms with E-state index in [-0.39, 0.29) is 75.4 Å². The molecule has 1 heterocycles. The van der Waals surface area contributed by atoms with Crippen LogP contribution in [0.1, 0.15) is 294 Å². The molecule has 0 N–H and O–H groups in total. The van der Waals surface area contributed by atoms with E-state index in [1.165, 1.54) is 166 Å². The van der Waals surface area contributed by atoms with Crippen LogP contribution in [0.15, 0.2) is 56.0 Å². The van der Waals surface area contributed by atoms with Crippen LogP contribution in [-0.4, -0.2) is 104 Å². The van der Waals surface area contributed by atoms with E-state index < -0.39 is 24.0 Å². The van der Waals surface area contributed by atoms with Crippen LogP contribution in [0.4, 0.5) is 0 Å². The number of amides is 1. The average molecular weight is 1190 g/mol. The zero-order chi connectivity index (χ0) is 62.6. The molecule has 0 aromatic heterocycles. The van der Waals surface area contributed by atoms with Crippen molar-refractivity contribution in [2.75, 3.05) is 53.0 Å². The summed E-state index contributed by atoms with van der Waals surface area (Å²) >= 11 is 0. The Balaban J connectivity index is -0.000000581. The number of rotatable bonds is 49. The molecule has 1 rings (SSSR count). The Bertz CT molecular complexity index is 1670. The Morgan fingerprint density at radius 1 is 0.524 bits per heavy atom. The normalized spacial score (nSPS) is 13.7. The molecule has 0 aliphatic carbocycles. The van der Waals surface area contributed by atoms with Crippen molar-refractivity contribution in [2.45, 2.75) is 300 Å². The minimum Gasteiger partial charge on any atom is -0.490 e. The predicted octanol–water partition coefficient (Wildman–Crippen LogP) is 18.8. The van der Waals surface area contributed by atoms with Crippen molar-refractivity contribution < 1.29 is 47.7 Å². The van der Waals surface area contributed by atoms with Crippen LogP contribution in [0.25, 0.3) is 0 Å². The Labute approximate surface area is 517 Å².